The average molecular weight is 380 g/mol. The second kappa shape index (κ2) is 15.7. The van der Waals surface area contributed by atoms with E-state index in [1.54, 1.807) is 0 Å². The summed E-state index contributed by atoms with van der Waals surface area (Å²) in [6.07, 6.45) is 14.1. The van der Waals surface area contributed by atoms with Crippen molar-refractivity contribution in [1.82, 2.24) is 0 Å². The van der Waals surface area contributed by atoms with Crippen molar-refractivity contribution >= 4 is 7.82 Å². The maximum absolute atomic E-state index is 10.5. The first-order valence-electron chi connectivity index (χ1n) is 8.83. The third-order valence-corrected chi connectivity index (χ3v) is 3.80. The monoisotopic (exact) mass is 380 g/mol. The molecule has 0 heterocycles. The Kier molecular flexibility index (Phi) is 15.4. The van der Waals surface area contributed by atoms with Crippen LogP contribution in [0.5, 0.6) is 0 Å². The molecular formula is C17H33O7P. The van der Waals surface area contributed by atoms with Crippen molar-refractivity contribution in [2.75, 3.05) is 13.2 Å². The van der Waals surface area contributed by atoms with Crippen molar-refractivity contribution in [2.24, 2.45) is 0 Å². The number of allylic oxidation sites excluding steroid dienone is 4. The minimum absolute atomic E-state index is 0.250. The number of phosphoric ester groups is 1. The first kappa shape index (κ1) is 24.5. The van der Waals surface area contributed by atoms with Crippen molar-refractivity contribution in [3.05, 3.63) is 24.3 Å². The number of hydrogen-bond donors (Lipinski definition) is 4. The normalized spacial score (nSPS) is 15.2. The van der Waals surface area contributed by atoms with Gasteiger partial charge in [0.2, 0.25) is 0 Å². The quantitative estimate of drug-likeness (QED) is 0.141. The molecule has 0 radical (unpaired) electrons. The van der Waals surface area contributed by atoms with E-state index in [1.807, 2.05) is 0 Å². The highest BCUT2D eigenvalue weighted by molar-refractivity contribution is 7.46. The van der Waals surface area contributed by atoms with Gasteiger partial charge in [0.1, 0.15) is 6.10 Å². The predicted molar refractivity (Wildman–Crippen MR) is 96.9 cm³/mol. The van der Waals surface area contributed by atoms with E-state index in [0.29, 0.717) is 6.42 Å². The van der Waals surface area contributed by atoms with Crippen LogP contribution < -0.4 is 0 Å². The third kappa shape index (κ3) is 19.6. The van der Waals surface area contributed by atoms with Crippen LogP contribution in [0.2, 0.25) is 0 Å². The average Bonchev–Trinajstić information content (AvgIpc) is 2.55. The molecule has 0 bridgehead atoms. The van der Waals surface area contributed by atoms with Gasteiger partial charge < -0.3 is 24.7 Å². The van der Waals surface area contributed by atoms with E-state index in [2.05, 4.69) is 35.8 Å². The number of ether oxygens (including phenoxy) is 1. The summed E-state index contributed by atoms with van der Waals surface area (Å²) in [6, 6.07) is 0. The molecule has 4 N–H and O–H groups in total. The SMILES string of the molecule is CCCCC/C=C\C/C=C\CCCC(O)OC[C@@H](O)COP(=O)(O)O. The molecule has 0 saturated heterocycles. The molecule has 0 aromatic heterocycles. The van der Waals surface area contributed by atoms with Gasteiger partial charge in [0.25, 0.3) is 0 Å². The molecule has 148 valence electrons. The second-order valence-corrected chi connectivity index (χ2v) is 7.07. The van der Waals surface area contributed by atoms with E-state index < -0.39 is 26.8 Å². The van der Waals surface area contributed by atoms with Crippen molar-refractivity contribution in [3.63, 3.8) is 0 Å². The summed E-state index contributed by atoms with van der Waals surface area (Å²) in [5.74, 6) is 0. The number of unbranched alkanes of at least 4 members (excludes halogenated alkanes) is 4. The largest absolute Gasteiger partial charge is 0.469 e. The van der Waals surface area contributed by atoms with Crippen LogP contribution in [0.15, 0.2) is 24.3 Å². The van der Waals surface area contributed by atoms with E-state index in [1.165, 1.54) is 19.3 Å². The van der Waals surface area contributed by atoms with Gasteiger partial charge >= 0.3 is 7.82 Å². The standard InChI is InChI=1S/C17H33O7P/c1-2-3-4-5-6-7-8-9-10-11-12-13-17(19)23-14-16(18)15-24-25(20,21)22/h6-7,9-10,16-19H,2-5,8,11-15H2,1H3,(H2,20,21,22)/b7-6-,10-9-/t16-,17?/m1/s1. The van der Waals surface area contributed by atoms with E-state index in [0.717, 1.165) is 25.7 Å². The van der Waals surface area contributed by atoms with Gasteiger partial charge in [-0.05, 0) is 38.5 Å². The topological polar surface area (TPSA) is 116 Å². The molecule has 0 saturated carbocycles. The molecule has 0 amide bonds. The maximum Gasteiger partial charge on any atom is 0.469 e. The van der Waals surface area contributed by atoms with Crippen LogP contribution in [0.3, 0.4) is 0 Å². The fraction of sp³-hybridized carbons (Fsp3) is 0.765. The molecule has 0 fully saturated rings. The van der Waals surface area contributed by atoms with E-state index in [-0.39, 0.29) is 6.61 Å². The van der Waals surface area contributed by atoms with Crippen LogP contribution in [-0.2, 0) is 13.8 Å². The summed E-state index contributed by atoms with van der Waals surface area (Å²) in [4.78, 5) is 17.0. The summed E-state index contributed by atoms with van der Waals surface area (Å²) >= 11 is 0. The smallest absolute Gasteiger partial charge is 0.388 e. The van der Waals surface area contributed by atoms with Crippen molar-refractivity contribution in [1.29, 1.82) is 0 Å². The first-order chi connectivity index (χ1) is 11.8. The zero-order valence-corrected chi connectivity index (χ0v) is 15.9. The van der Waals surface area contributed by atoms with Crippen LogP contribution in [0.25, 0.3) is 0 Å². The lowest BCUT2D eigenvalue weighted by molar-refractivity contribution is -0.129. The molecule has 0 spiro atoms. The fourth-order valence-corrected chi connectivity index (χ4v) is 2.33. The molecule has 0 aliphatic rings. The van der Waals surface area contributed by atoms with Crippen LogP contribution >= 0.6 is 7.82 Å². The Hall–Kier alpha value is -0.530. The molecule has 0 aliphatic heterocycles. The lowest BCUT2D eigenvalue weighted by atomic mass is 10.2. The molecule has 0 aromatic carbocycles. The molecule has 0 aliphatic carbocycles. The second-order valence-electron chi connectivity index (χ2n) is 5.83. The van der Waals surface area contributed by atoms with E-state index in [9.17, 15) is 14.8 Å². The van der Waals surface area contributed by atoms with Crippen molar-refractivity contribution in [3.8, 4) is 0 Å². The number of aliphatic hydroxyl groups is 2. The highest BCUT2D eigenvalue weighted by Crippen LogP contribution is 2.35. The molecule has 0 aromatic rings. The lowest BCUT2D eigenvalue weighted by Gasteiger charge is -2.15. The van der Waals surface area contributed by atoms with Gasteiger partial charge in [-0.2, -0.15) is 0 Å². The number of phosphoric acid groups is 1. The molecule has 2 atom stereocenters. The molecular weight excluding hydrogens is 347 g/mol. The van der Waals surface area contributed by atoms with Crippen LogP contribution in [0.1, 0.15) is 58.3 Å². The van der Waals surface area contributed by atoms with Crippen LogP contribution in [-0.4, -0.2) is 45.6 Å². The Morgan fingerprint density at radius 2 is 1.60 bits per heavy atom. The van der Waals surface area contributed by atoms with Gasteiger partial charge in [0, 0.05) is 0 Å². The minimum atomic E-state index is -4.60. The Morgan fingerprint density at radius 1 is 0.960 bits per heavy atom. The van der Waals surface area contributed by atoms with Gasteiger partial charge in [-0.1, -0.05) is 44.1 Å². The van der Waals surface area contributed by atoms with Crippen molar-refractivity contribution in [2.45, 2.75) is 70.7 Å². The third-order valence-electron chi connectivity index (χ3n) is 3.32. The Bertz CT molecular complexity index is 406. The van der Waals surface area contributed by atoms with Gasteiger partial charge in [-0.25, -0.2) is 4.57 Å². The van der Waals surface area contributed by atoms with Gasteiger partial charge in [-0.15, -0.1) is 0 Å². The van der Waals surface area contributed by atoms with Crippen molar-refractivity contribution < 1.29 is 33.8 Å². The number of aliphatic hydroxyl groups excluding tert-OH is 2. The molecule has 25 heavy (non-hydrogen) atoms. The fourth-order valence-electron chi connectivity index (χ4n) is 1.97. The summed E-state index contributed by atoms with van der Waals surface area (Å²) in [5, 5.41) is 19.0. The van der Waals surface area contributed by atoms with E-state index >= 15 is 0 Å². The summed E-state index contributed by atoms with van der Waals surface area (Å²) < 4.78 is 19.6. The highest BCUT2D eigenvalue weighted by Gasteiger charge is 2.17. The number of rotatable bonds is 16. The zero-order chi connectivity index (χ0) is 19.0. The number of hydrogen-bond acceptors (Lipinski definition) is 5. The van der Waals surface area contributed by atoms with Crippen LogP contribution in [0, 0.1) is 0 Å². The Morgan fingerprint density at radius 3 is 2.20 bits per heavy atom. The molecule has 7 nitrogen and oxygen atoms in total. The van der Waals surface area contributed by atoms with Gasteiger partial charge in [-0.3, -0.25) is 4.52 Å². The summed E-state index contributed by atoms with van der Waals surface area (Å²) in [5.41, 5.74) is 0. The van der Waals surface area contributed by atoms with Gasteiger partial charge in [0.15, 0.2) is 6.29 Å². The summed E-state index contributed by atoms with van der Waals surface area (Å²) in [6.45, 7) is 1.39. The molecule has 8 heteroatoms. The van der Waals surface area contributed by atoms with Crippen LogP contribution in [0.4, 0.5) is 0 Å². The highest BCUT2D eigenvalue weighted by atomic mass is 31.2. The predicted octanol–water partition coefficient (Wildman–Crippen LogP) is 3.04. The molecule has 0 rings (SSSR count). The first-order valence-corrected chi connectivity index (χ1v) is 10.4. The van der Waals surface area contributed by atoms with Gasteiger partial charge in [0.05, 0.1) is 13.2 Å². The minimum Gasteiger partial charge on any atom is -0.388 e. The Balaban J connectivity index is 3.55. The zero-order valence-electron chi connectivity index (χ0n) is 15.0. The molecule has 1 unspecified atom stereocenters. The Labute approximate surface area is 150 Å². The maximum atomic E-state index is 10.5. The summed E-state index contributed by atoms with van der Waals surface area (Å²) in [7, 11) is -4.60. The van der Waals surface area contributed by atoms with E-state index in [4.69, 9.17) is 14.5 Å². The lowest BCUT2D eigenvalue weighted by Crippen LogP contribution is -2.25.